The van der Waals surface area contributed by atoms with E-state index in [-0.39, 0.29) is 24.3 Å². The Balaban J connectivity index is 1.55. The first-order valence-electron chi connectivity index (χ1n) is 9.29. The number of nitrogens with zero attached hydrogens (tertiary/aromatic N) is 2. The van der Waals surface area contributed by atoms with Crippen LogP contribution in [-0.2, 0) is 11.2 Å². The highest BCUT2D eigenvalue weighted by molar-refractivity contribution is 5.91. The van der Waals surface area contributed by atoms with Crippen LogP contribution in [0.15, 0.2) is 22.9 Å². The lowest BCUT2D eigenvalue weighted by Gasteiger charge is -2.23. The minimum atomic E-state index is -0.963. The van der Waals surface area contributed by atoms with Crippen LogP contribution in [0.5, 0.6) is 0 Å². The van der Waals surface area contributed by atoms with Gasteiger partial charge in [0.1, 0.15) is 5.76 Å². The largest absolute Gasteiger partial charge is 0.465 e. The maximum absolute atomic E-state index is 12.0. The maximum Gasteiger partial charge on any atom is 0.404 e. The standard InChI is InChI=1S/C18H25N5O4/c1-2-3-14(20-18(25)26)11-4-5-12(8-11)15-10-16(23-22-15)21-17(24)9-13-6-7-19-27-13/h6-7,10-12,14,20H,2-5,8-9H2,1H3,(H,25,26)(H2,21,22,23,24). The van der Waals surface area contributed by atoms with Crippen molar-refractivity contribution >= 4 is 17.8 Å². The molecular weight excluding hydrogens is 350 g/mol. The van der Waals surface area contributed by atoms with Gasteiger partial charge in [-0.2, -0.15) is 5.10 Å². The van der Waals surface area contributed by atoms with E-state index in [1.54, 1.807) is 6.07 Å². The fraction of sp³-hybridized carbons (Fsp3) is 0.556. The zero-order valence-electron chi connectivity index (χ0n) is 15.3. The summed E-state index contributed by atoms with van der Waals surface area (Å²) in [6.45, 7) is 2.06. The molecule has 0 bridgehead atoms. The summed E-state index contributed by atoms with van der Waals surface area (Å²) >= 11 is 0. The van der Waals surface area contributed by atoms with Crippen molar-refractivity contribution in [1.82, 2.24) is 20.7 Å². The molecule has 1 aliphatic rings. The second-order valence-electron chi connectivity index (χ2n) is 7.03. The van der Waals surface area contributed by atoms with E-state index in [0.717, 1.165) is 37.8 Å². The summed E-state index contributed by atoms with van der Waals surface area (Å²) in [5.41, 5.74) is 0.970. The second kappa shape index (κ2) is 8.70. The molecule has 1 aliphatic carbocycles. The van der Waals surface area contributed by atoms with E-state index in [9.17, 15) is 9.59 Å². The highest BCUT2D eigenvalue weighted by Crippen LogP contribution is 2.40. The molecule has 9 heteroatoms. The number of hydrogen-bond donors (Lipinski definition) is 4. The third kappa shape index (κ3) is 5.08. The third-order valence-electron chi connectivity index (χ3n) is 5.08. The van der Waals surface area contributed by atoms with E-state index < -0.39 is 6.09 Å². The first-order valence-corrected chi connectivity index (χ1v) is 9.29. The molecule has 0 aromatic carbocycles. The molecule has 0 radical (unpaired) electrons. The van der Waals surface area contributed by atoms with Crippen molar-refractivity contribution in [3.05, 3.63) is 29.8 Å². The number of aromatic nitrogens is 3. The zero-order chi connectivity index (χ0) is 19.2. The van der Waals surface area contributed by atoms with Gasteiger partial charge in [0.05, 0.1) is 12.6 Å². The summed E-state index contributed by atoms with van der Waals surface area (Å²) in [6, 6.07) is 3.48. The molecule has 2 aromatic rings. The number of rotatable bonds is 8. The molecule has 1 saturated carbocycles. The molecule has 1 fully saturated rings. The van der Waals surface area contributed by atoms with Crippen molar-refractivity contribution < 1.29 is 19.2 Å². The first kappa shape index (κ1) is 18.9. The van der Waals surface area contributed by atoms with Gasteiger partial charge in [0.15, 0.2) is 5.82 Å². The van der Waals surface area contributed by atoms with Crippen LogP contribution < -0.4 is 10.6 Å². The van der Waals surface area contributed by atoms with Crippen LogP contribution in [0.3, 0.4) is 0 Å². The Morgan fingerprint density at radius 2 is 2.30 bits per heavy atom. The monoisotopic (exact) mass is 375 g/mol. The molecule has 2 heterocycles. The van der Waals surface area contributed by atoms with E-state index in [1.807, 2.05) is 6.07 Å². The molecule has 3 unspecified atom stereocenters. The van der Waals surface area contributed by atoms with Crippen LogP contribution in [-0.4, -0.2) is 38.5 Å². The van der Waals surface area contributed by atoms with E-state index >= 15 is 0 Å². The minimum Gasteiger partial charge on any atom is -0.465 e. The predicted molar refractivity (Wildman–Crippen MR) is 97.4 cm³/mol. The van der Waals surface area contributed by atoms with Gasteiger partial charge >= 0.3 is 6.09 Å². The lowest BCUT2D eigenvalue weighted by atomic mass is 9.92. The zero-order valence-corrected chi connectivity index (χ0v) is 15.3. The Morgan fingerprint density at radius 3 is 3.00 bits per heavy atom. The Morgan fingerprint density at radius 1 is 1.44 bits per heavy atom. The molecule has 3 rings (SSSR count). The molecule has 0 spiro atoms. The smallest absolute Gasteiger partial charge is 0.404 e. The van der Waals surface area contributed by atoms with E-state index in [4.69, 9.17) is 9.63 Å². The molecular formula is C18H25N5O4. The van der Waals surface area contributed by atoms with Gasteiger partial charge in [-0.05, 0) is 31.6 Å². The third-order valence-corrected chi connectivity index (χ3v) is 5.08. The van der Waals surface area contributed by atoms with Crippen molar-refractivity contribution in [2.24, 2.45) is 5.92 Å². The van der Waals surface area contributed by atoms with Crippen molar-refractivity contribution in [2.75, 3.05) is 5.32 Å². The second-order valence-corrected chi connectivity index (χ2v) is 7.03. The van der Waals surface area contributed by atoms with Crippen LogP contribution in [0.1, 0.15) is 56.4 Å². The highest BCUT2D eigenvalue weighted by atomic mass is 16.5. The van der Waals surface area contributed by atoms with Crippen LogP contribution in [0.25, 0.3) is 0 Å². The van der Waals surface area contributed by atoms with Gasteiger partial charge in [-0.25, -0.2) is 4.79 Å². The van der Waals surface area contributed by atoms with Crippen molar-refractivity contribution in [1.29, 1.82) is 0 Å². The van der Waals surface area contributed by atoms with Gasteiger partial charge in [0, 0.05) is 29.8 Å². The van der Waals surface area contributed by atoms with Crippen LogP contribution in [0, 0.1) is 5.92 Å². The molecule has 3 atom stereocenters. The molecule has 146 valence electrons. The highest BCUT2D eigenvalue weighted by Gasteiger charge is 2.33. The van der Waals surface area contributed by atoms with Gasteiger partial charge in [0.25, 0.3) is 0 Å². The van der Waals surface area contributed by atoms with E-state index in [1.165, 1.54) is 6.20 Å². The van der Waals surface area contributed by atoms with Gasteiger partial charge in [-0.15, -0.1) is 0 Å². The predicted octanol–water partition coefficient (Wildman–Crippen LogP) is 2.90. The molecule has 2 amide bonds. The summed E-state index contributed by atoms with van der Waals surface area (Å²) in [6.07, 6.45) is 5.27. The van der Waals surface area contributed by atoms with E-state index in [2.05, 4.69) is 32.9 Å². The normalized spacial score (nSPS) is 20.3. The topological polar surface area (TPSA) is 133 Å². The van der Waals surface area contributed by atoms with Gasteiger partial charge in [-0.1, -0.05) is 18.5 Å². The van der Waals surface area contributed by atoms with Crippen molar-refractivity contribution in [3.8, 4) is 0 Å². The average Bonchev–Trinajstić information content (AvgIpc) is 3.35. The number of carboxylic acid groups (broad SMARTS) is 1. The molecule has 27 heavy (non-hydrogen) atoms. The minimum absolute atomic E-state index is 0.0125. The molecule has 0 aliphatic heterocycles. The Kier molecular flexibility index (Phi) is 6.10. The quantitative estimate of drug-likeness (QED) is 0.561. The molecule has 4 N–H and O–H groups in total. The number of carbonyl (C=O) groups excluding carboxylic acids is 1. The van der Waals surface area contributed by atoms with Gasteiger partial charge in [-0.3, -0.25) is 9.89 Å². The van der Waals surface area contributed by atoms with Gasteiger partial charge in [0.2, 0.25) is 5.91 Å². The number of aromatic amines is 1. The van der Waals surface area contributed by atoms with E-state index in [0.29, 0.717) is 17.5 Å². The number of anilines is 1. The Bertz CT molecular complexity index is 758. The van der Waals surface area contributed by atoms with Crippen LogP contribution in [0.2, 0.25) is 0 Å². The number of amides is 2. The Hall–Kier alpha value is -2.84. The number of nitrogens with one attached hydrogen (secondary N) is 3. The number of H-pyrrole nitrogens is 1. The summed E-state index contributed by atoms with van der Waals surface area (Å²) in [5, 5.41) is 25.2. The molecule has 2 aromatic heterocycles. The lowest BCUT2D eigenvalue weighted by Crippen LogP contribution is -2.38. The fourth-order valence-electron chi connectivity index (χ4n) is 3.85. The lowest BCUT2D eigenvalue weighted by molar-refractivity contribution is -0.115. The molecule has 9 nitrogen and oxygen atoms in total. The van der Waals surface area contributed by atoms with Crippen LogP contribution >= 0.6 is 0 Å². The fourth-order valence-corrected chi connectivity index (χ4v) is 3.85. The Labute approximate surface area is 156 Å². The summed E-state index contributed by atoms with van der Waals surface area (Å²) in [4.78, 5) is 23.0. The molecule has 0 saturated heterocycles. The number of carbonyl (C=O) groups is 2. The van der Waals surface area contributed by atoms with Crippen LogP contribution in [0.4, 0.5) is 10.6 Å². The maximum atomic E-state index is 12.0. The summed E-state index contributed by atoms with van der Waals surface area (Å²) in [5.74, 6) is 1.36. The average molecular weight is 375 g/mol. The summed E-state index contributed by atoms with van der Waals surface area (Å²) < 4.78 is 4.92. The number of hydrogen-bond acceptors (Lipinski definition) is 5. The summed E-state index contributed by atoms with van der Waals surface area (Å²) in [7, 11) is 0. The van der Waals surface area contributed by atoms with Crippen molar-refractivity contribution in [2.45, 2.75) is 57.4 Å². The SMILES string of the molecule is CCCC(NC(=O)O)C1CCC(c2cc(NC(=O)Cc3ccno3)n[nH]2)C1. The van der Waals surface area contributed by atoms with Gasteiger partial charge < -0.3 is 20.3 Å². The first-order chi connectivity index (χ1) is 13.0. The van der Waals surface area contributed by atoms with Crippen molar-refractivity contribution in [3.63, 3.8) is 0 Å².